The van der Waals surface area contributed by atoms with Crippen molar-refractivity contribution >= 4 is 11.5 Å². The molecule has 2 fully saturated rings. The van der Waals surface area contributed by atoms with Crippen molar-refractivity contribution in [3.8, 4) is 5.88 Å². The molecule has 0 unspecified atom stereocenters. The van der Waals surface area contributed by atoms with Crippen molar-refractivity contribution in [2.24, 2.45) is 0 Å². The van der Waals surface area contributed by atoms with Gasteiger partial charge in [0.15, 0.2) is 11.6 Å². The summed E-state index contributed by atoms with van der Waals surface area (Å²) in [4.78, 5) is 10.4. The number of ether oxygens (including phenoxy) is 3. The number of nitrogen functional groups attached to an aromatic ring is 1. The third kappa shape index (κ3) is 2.19. The zero-order valence-electron chi connectivity index (χ0n) is 11.0. The van der Waals surface area contributed by atoms with Gasteiger partial charge in [-0.25, -0.2) is 4.98 Å². The zero-order valence-corrected chi connectivity index (χ0v) is 11.0. The Labute approximate surface area is 111 Å². The minimum absolute atomic E-state index is 0.387. The molecule has 0 aliphatic carbocycles. The Hall–Kier alpha value is -1.60. The molecule has 7 heteroatoms. The van der Waals surface area contributed by atoms with Gasteiger partial charge < -0.3 is 24.8 Å². The van der Waals surface area contributed by atoms with Crippen molar-refractivity contribution in [3.63, 3.8) is 0 Å². The highest BCUT2D eigenvalue weighted by Gasteiger charge is 2.40. The first-order chi connectivity index (χ1) is 9.24. The molecule has 0 aromatic carbocycles. The molecule has 1 aromatic rings. The summed E-state index contributed by atoms with van der Waals surface area (Å²) in [7, 11) is 1.55. The maximum absolute atomic E-state index is 6.02. The maximum atomic E-state index is 6.02. The van der Waals surface area contributed by atoms with Gasteiger partial charge in [0.1, 0.15) is 12.0 Å². The molecule has 2 aliphatic heterocycles. The zero-order chi connectivity index (χ0) is 13.3. The largest absolute Gasteiger partial charge is 0.479 e. The van der Waals surface area contributed by atoms with Crippen molar-refractivity contribution in [1.29, 1.82) is 0 Å². The van der Waals surface area contributed by atoms with E-state index in [2.05, 4.69) is 14.9 Å². The molecule has 19 heavy (non-hydrogen) atoms. The highest BCUT2D eigenvalue weighted by molar-refractivity contribution is 5.67. The Bertz CT molecular complexity index is 452. The lowest BCUT2D eigenvalue weighted by atomic mass is 10.0. The average molecular weight is 266 g/mol. The van der Waals surface area contributed by atoms with E-state index in [1.54, 1.807) is 7.11 Å². The third-order valence-electron chi connectivity index (χ3n) is 3.66. The van der Waals surface area contributed by atoms with Crippen LogP contribution in [0.25, 0.3) is 0 Å². The fourth-order valence-corrected chi connectivity index (χ4v) is 2.63. The first-order valence-corrected chi connectivity index (χ1v) is 6.41. The lowest BCUT2D eigenvalue weighted by Crippen LogP contribution is -2.45. The minimum atomic E-state index is -0.387. The standard InChI is InChI=1S/C12H18N4O3/c1-17-11-9(13)10(14-8-15-11)16-4-2-12(3-5-16)18-6-7-19-12/h8H,2-7,13H2,1H3. The van der Waals surface area contributed by atoms with Gasteiger partial charge in [-0.2, -0.15) is 4.98 Å². The van der Waals surface area contributed by atoms with E-state index in [9.17, 15) is 0 Å². The summed E-state index contributed by atoms with van der Waals surface area (Å²) in [5.74, 6) is 0.751. The first kappa shape index (κ1) is 12.4. The summed E-state index contributed by atoms with van der Waals surface area (Å²) in [6.45, 7) is 2.96. The molecule has 1 aromatic heterocycles. The fourth-order valence-electron chi connectivity index (χ4n) is 2.63. The number of anilines is 2. The summed E-state index contributed by atoms with van der Waals surface area (Å²) in [5.41, 5.74) is 6.50. The molecule has 0 radical (unpaired) electrons. The normalized spacial score (nSPS) is 21.8. The van der Waals surface area contributed by atoms with Crippen LogP contribution in [0, 0.1) is 0 Å². The lowest BCUT2D eigenvalue weighted by Gasteiger charge is -2.38. The average Bonchev–Trinajstić information content (AvgIpc) is 2.89. The van der Waals surface area contributed by atoms with Crippen LogP contribution in [0.5, 0.6) is 5.88 Å². The quantitative estimate of drug-likeness (QED) is 0.830. The van der Waals surface area contributed by atoms with Crippen molar-refractivity contribution in [3.05, 3.63) is 6.33 Å². The molecule has 2 saturated heterocycles. The van der Waals surface area contributed by atoms with Crippen LogP contribution in [0.2, 0.25) is 0 Å². The Morgan fingerprint density at radius 3 is 2.58 bits per heavy atom. The minimum Gasteiger partial charge on any atom is -0.479 e. The van der Waals surface area contributed by atoms with Crippen LogP contribution in [-0.2, 0) is 9.47 Å². The summed E-state index contributed by atoms with van der Waals surface area (Å²) < 4.78 is 16.5. The Morgan fingerprint density at radius 1 is 1.26 bits per heavy atom. The van der Waals surface area contributed by atoms with Crippen LogP contribution in [0.4, 0.5) is 11.5 Å². The summed E-state index contributed by atoms with van der Waals surface area (Å²) in [6.07, 6.45) is 3.11. The molecule has 1 spiro atoms. The predicted octanol–water partition coefficient (Wildman–Crippen LogP) is 0.411. The van der Waals surface area contributed by atoms with Gasteiger partial charge in [0.05, 0.1) is 20.3 Å². The molecule has 104 valence electrons. The van der Waals surface area contributed by atoms with E-state index < -0.39 is 0 Å². The molecule has 0 bridgehead atoms. The van der Waals surface area contributed by atoms with Gasteiger partial charge in [-0.15, -0.1) is 0 Å². The van der Waals surface area contributed by atoms with E-state index in [4.69, 9.17) is 19.9 Å². The van der Waals surface area contributed by atoms with Crippen molar-refractivity contribution < 1.29 is 14.2 Å². The van der Waals surface area contributed by atoms with Gasteiger partial charge >= 0.3 is 0 Å². The molecule has 0 amide bonds. The summed E-state index contributed by atoms with van der Waals surface area (Å²) in [6, 6.07) is 0. The molecule has 0 atom stereocenters. The van der Waals surface area contributed by atoms with E-state index >= 15 is 0 Å². The summed E-state index contributed by atoms with van der Waals surface area (Å²) >= 11 is 0. The second-order valence-electron chi connectivity index (χ2n) is 4.71. The smallest absolute Gasteiger partial charge is 0.242 e. The molecular weight excluding hydrogens is 248 g/mol. The maximum Gasteiger partial charge on any atom is 0.242 e. The van der Waals surface area contributed by atoms with Gasteiger partial charge in [-0.05, 0) is 0 Å². The Morgan fingerprint density at radius 2 is 1.95 bits per heavy atom. The van der Waals surface area contributed by atoms with Crippen LogP contribution >= 0.6 is 0 Å². The molecule has 3 heterocycles. The number of piperidine rings is 1. The van der Waals surface area contributed by atoms with Crippen molar-refractivity contribution in [2.75, 3.05) is 44.0 Å². The summed E-state index contributed by atoms with van der Waals surface area (Å²) in [5, 5.41) is 0. The van der Waals surface area contributed by atoms with Crippen molar-refractivity contribution in [2.45, 2.75) is 18.6 Å². The second-order valence-corrected chi connectivity index (χ2v) is 4.71. The number of aromatic nitrogens is 2. The monoisotopic (exact) mass is 266 g/mol. The Balaban J connectivity index is 1.74. The molecule has 2 N–H and O–H groups in total. The van der Waals surface area contributed by atoms with Crippen LogP contribution in [0.3, 0.4) is 0 Å². The highest BCUT2D eigenvalue weighted by atomic mass is 16.7. The third-order valence-corrected chi connectivity index (χ3v) is 3.66. The predicted molar refractivity (Wildman–Crippen MR) is 69.1 cm³/mol. The number of hydrogen-bond acceptors (Lipinski definition) is 7. The number of nitrogens with zero attached hydrogens (tertiary/aromatic N) is 3. The topological polar surface area (TPSA) is 82.7 Å². The van der Waals surface area contributed by atoms with E-state index in [-0.39, 0.29) is 5.79 Å². The number of methoxy groups -OCH3 is 1. The van der Waals surface area contributed by atoms with E-state index in [0.717, 1.165) is 31.7 Å². The molecule has 0 saturated carbocycles. The SMILES string of the molecule is COc1ncnc(N2CCC3(CC2)OCCO3)c1N. The lowest BCUT2D eigenvalue weighted by molar-refractivity contribution is -0.169. The molecular formula is C12H18N4O3. The Kier molecular flexibility index (Phi) is 3.16. The van der Waals surface area contributed by atoms with Gasteiger partial charge in [0, 0.05) is 25.9 Å². The van der Waals surface area contributed by atoms with Crippen LogP contribution in [0.15, 0.2) is 6.33 Å². The molecule has 3 rings (SSSR count). The van der Waals surface area contributed by atoms with Crippen LogP contribution < -0.4 is 15.4 Å². The van der Waals surface area contributed by atoms with Gasteiger partial charge in [0.2, 0.25) is 5.88 Å². The van der Waals surface area contributed by atoms with Crippen molar-refractivity contribution in [1.82, 2.24) is 9.97 Å². The number of hydrogen-bond donors (Lipinski definition) is 1. The van der Waals surface area contributed by atoms with E-state index in [1.165, 1.54) is 6.33 Å². The molecule has 2 aliphatic rings. The number of nitrogens with two attached hydrogens (primary N) is 1. The first-order valence-electron chi connectivity index (χ1n) is 6.41. The van der Waals surface area contributed by atoms with Crippen LogP contribution in [0.1, 0.15) is 12.8 Å². The highest BCUT2D eigenvalue weighted by Crippen LogP contribution is 2.35. The van der Waals surface area contributed by atoms with E-state index in [0.29, 0.717) is 24.8 Å². The fraction of sp³-hybridized carbons (Fsp3) is 0.667. The number of rotatable bonds is 2. The van der Waals surface area contributed by atoms with Gasteiger partial charge in [-0.3, -0.25) is 0 Å². The van der Waals surface area contributed by atoms with Gasteiger partial charge in [0.25, 0.3) is 0 Å². The van der Waals surface area contributed by atoms with Crippen LogP contribution in [-0.4, -0.2) is 49.2 Å². The second kappa shape index (κ2) is 4.82. The van der Waals surface area contributed by atoms with Gasteiger partial charge in [-0.1, -0.05) is 0 Å². The molecule has 7 nitrogen and oxygen atoms in total. The van der Waals surface area contributed by atoms with E-state index in [1.807, 2.05) is 0 Å².